The zero-order valence-electron chi connectivity index (χ0n) is 14.4. The number of rotatable bonds is 7. The van der Waals surface area contributed by atoms with E-state index in [-0.39, 0.29) is 24.9 Å². The molecule has 1 rings (SSSR count). The van der Waals surface area contributed by atoms with E-state index < -0.39 is 5.60 Å². The molecule has 1 saturated heterocycles. The highest BCUT2D eigenvalue weighted by Crippen LogP contribution is 2.23. The van der Waals surface area contributed by atoms with E-state index in [0.29, 0.717) is 26.3 Å². The fourth-order valence-corrected chi connectivity index (χ4v) is 2.52. The van der Waals surface area contributed by atoms with Gasteiger partial charge in [-0.25, -0.2) is 4.79 Å². The molecule has 6 nitrogen and oxygen atoms in total. The molecule has 7 heteroatoms. The highest BCUT2D eigenvalue weighted by Gasteiger charge is 2.34. The van der Waals surface area contributed by atoms with Crippen molar-refractivity contribution in [3.8, 4) is 0 Å². The molecule has 2 unspecified atom stereocenters. The van der Waals surface area contributed by atoms with Crippen molar-refractivity contribution in [2.24, 2.45) is 5.92 Å². The van der Waals surface area contributed by atoms with Crippen LogP contribution in [0.15, 0.2) is 10.2 Å². The number of halogens is 1. The zero-order valence-corrected chi connectivity index (χ0v) is 16.6. The van der Waals surface area contributed by atoms with Crippen LogP contribution in [0.4, 0.5) is 4.79 Å². The van der Waals surface area contributed by atoms with Gasteiger partial charge in [0.2, 0.25) is 0 Å². The number of hydrogen-bond acceptors (Lipinski definition) is 5. The summed E-state index contributed by atoms with van der Waals surface area (Å²) in [5.41, 5.74) is -0.494. The number of likely N-dealkylation sites (tertiary alicyclic amines) is 1. The summed E-state index contributed by atoms with van der Waals surface area (Å²) in [4.78, 5) is 13.9. The number of nitrogens with zero attached hydrogens (tertiary/aromatic N) is 1. The molecule has 0 spiro atoms. The summed E-state index contributed by atoms with van der Waals surface area (Å²) in [5.74, 6) is 0.242. The monoisotopic (exact) mass is 441 g/mol. The molecule has 23 heavy (non-hydrogen) atoms. The molecule has 0 radical (unpaired) electrons. The van der Waals surface area contributed by atoms with Gasteiger partial charge in [0.05, 0.1) is 25.9 Å². The smallest absolute Gasteiger partial charge is 0.410 e. The fourth-order valence-electron chi connectivity index (χ4n) is 2.32. The number of hydrogen-bond donors (Lipinski definition) is 0. The second-order valence-corrected chi connectivity index (χ2v) is 7.21. The maximum Gasteiger partial charge on any atom is 0.410 e. The molecule has 1 fully saturated rings. The van der Waals surface area contributed by atoms with E-state index >= 15 is 0 Å². The molecule has 0 aromatic carbocycles. The molecule has 0 bridgehead atoms. The number of carbonyl (C=O) groups is 1. The van der Waals surface area contributed by atoms with Gasteiger partial charge in [-0.15, -0.1) is 0 Å². The number of piperidine rings is 1. The lowest BCUT2D eigenvalue weighted by atomic mass is 9.94. The molecular weight excluding hydrogens is 413 g/mol. The molecule has 0 aromatic rings. The van der Waals surface area contributed by atoms with E-state index in [0.717, 1.165) is 6.42 Å². The first-order chi connectivity index (χ1) is 10.9. The minimum absolute atomic E-state index is 0.111. The molecule has 0 aliphatic carbocycles. The topological polar surface area (TPSA) is 57.2 Å². The summed E-state index contributed by atoms with van der Waals surface area (Å²) in [5, 5.41) is 0. The maximum atomic E-state index is 12.2. The van der Waals surface area contributed by atoms with E-state index in [1.165, 1.54) is 0 Å². The summed E-state index contributed by atoms with van der Waals surface area (Å²) >= 11 is 2.16. The Morgan fingerprint density at radius 2 is 2.13 bits per heavy atom. The standard InChI is InChI=1S/C16H28INO5/c1-16(2,3)23-15(19)18-8-6-13(11-21-9-5-7-17)14(10-18)22-12-20-4/h5,7,13-14H,6,8-12H2,1-4H3. The van der Waals surface area contributed by atoms with Crippen LogP contribution in [0.5, 0.6) is 0 Å². The first-order valence-corrected chi connectivity index (χ1v) is 9.03. The Kier molecular flexibility index (Phi) is 9.41. The minimum Gasteiger partial charge on any atom is -0.444 e. The van der Waals surface area contributed by atoms with E-state index in [1.54, 1.807) is 12.0 Å². The lowest BCUT2D eigenvalue weighted by Gasteiger charge is -2.38. The molecule has 1 heterocycles. The van der Waals surface area contributed by atoms with Crippen molar-refractivity contribution < 1.29 is 23.7 Å². The Labute approximate surface area is 152 Å². The van der Waals surface area contributed by atoms with Crippen molar-refractivity contribution >= 4 is 28.7 Å². The second kappa shape index (κ2) is 10.5. The predicted molar refractivity (Wildman–Crippen MR) is 96.6 cm³/mol. The van der Waals surface area contributed by atoms with Crippen LogP contribution in [0.1, 0.15) is 27.2 Å². The SMILES string of the molecule is COCOC1CN(C(=O)OC(C)(C)C)CCC1COCC=CI. The van der Waals surface area contributed by atoms with E-state index in [2.05, 4.69) is 22.6 Å². The summed E-state index contributed by atoms with van der Waals surface area (Å²) in [6.07, 6.45) is 2.37. The van der Waals surface area contributed by atoms with Crippen molar-refractivity contribution in [2.75, 3.05) is 40.2 Å². The third-order valence-corrected chi connectivity index (χ3v) is 3.89. The van der Waals surface area contributed by atoms with Gasteiger partial charge in [-0.3, -0.25) is 0 Å². The van der Waals surface area contributed by atoms with Gasteiger partial charge in [-0.2, -0.15) is 0 Å². The normalized spacial score (nSPS) is 22.6. The molecule has 1 aliphatic heterocycles. The molecule has 1 amide bonds. The van der Waals surface area contributed by atoms with Crippen LogP contribution < -0.4 is 0 Å². The van der Waals surface area contributed by atoms with Crippen LogP contribution >= 0.6 is 22.6 Å². The average Bonchev–Trinajstić information content (AvgIpc) is 2.48. The largest absolute Gasteiger partial charge is 0.444 e. The first kappa shape index (κ1) is 20.7. The lowest BCUT2D eigenvalue weighted by molar-refractivity contribution is -0.123. The van der Waals surface area contributed by atoms with E-state index in [4.69, 9.17) is 18.9 Å². The van der Waals surface area contributed by atoms with Gasteiger partial charge in [0.15, 0.2) is 0 Å². The van der Waals surface area contributed by atoms with Gasteiger partial charge in [-0.05, 0) is 31.3 Å². The van der Waals surface area contributed by atoms with Crippen molar-refractivity contribution in [2.45, 2.75) is 38.9 Å². The van der Waals surface area contributed by atoms with Gasteiger partial charge in [0, 0.05) is 19.6 Å². The Hall–Kier alpha value is -0.380. The molecule has 0 saturated carbocycles. The van der Waals surface area contributed by atoms with Crippen LogP contribution in [-0.2, 0) is 18.9 Å². The Balaban J connectivity index is 2.56. The van der Waals surface area contributed by atoms with Crippen LogP contribution in [0.25, 0.3) is 0 Å². The van der Waals surface area contributed by atoms with Crippen LogP contribution in [-0.4, -0.2) is 62.9 Å². The second-order valence-electron chi connectivity index (χ2n) is 6.49. The van der Waals surface area contributed by atoms with Crippen LogP contribution in [0.3, 0.4) is 0 Å². The maximum absolute atomic E-state index is 12.2. The predicted octanol–water partition coefficient (Wildman–Crippen LogP) is 3.20. The molecular formula is C16H28INO5. The average molecular weight is 441 g/mol. The highest BCUT2D eigenvalue weighted by molar-refractivity contribution is 14.1. The lowest BCUT2D eigenvalue weighted by Crippen LogP contribution is -2.50. The molecule has 0 N–H and O–H groups in total. The summed E-state index contributed by atoms with van der Waals surface area (Å²) < 4.78 is 23.8. The number of methoxy groups -OCH3 is 1. The van der Waals surface area contributed by atoms with Crippen molar-refractivity contribution in [1.82, 2.24) is 4.90 Å². The molecule has 1 aliphatic rings. The Morgan fingerprint density at radius 3 is 2.74 bits per heavy atom. The third kappa shape index (κ3) is 8.32. The third-order valence-electron chi connectivity index (χ3n) is 3.38. The first-order valence-electron chi connectivity index (χ1n) is 7.78. The summed E-state index contributed by atoms with van der Waals surface area (Å²) in [6, 6.07) is 0. The van der Waals surface area contributed by atoms with Crippen molar-refractivity contribution in [3.05, 3.63) is 10.2 Å². The zero-order chi connectivity index (χ0) is 17.3. The van der Waals surface area contributed by atoms with Crippen LogP contribution in [0.2, 0.25) is 0 Å². The Bertz CT molecular complexity index is 383. The molecule has 2 atom stereocenters. The van der Waals surface area contributed by atoms with Gasteiger partial charge in [0.25, 0.3) is 0 Å². The van der Waals surface area contributed by atoms with Gasteiger partial charge >= 0.3 is 6.09 Å². The number of carbonyl (C=O) groups excluding carboxylic acids is 1. The quantitative estimate of drug-likeness (QED) is 0.345. The van der Waals surface area contributed by atoms with Crippen molar-refractivity contribution in [1.29, 1.82) is 0 Å². The fraction of sp³-hybridized carbons (Fsp3) is 0.812. The van der Waals surface area contributed by atoms with E-state index in [1.807, 2.05) is 30.9 Å². The number of ether oxygens (including phenoxy) is 4. The van der Waals surface area contributed by atoms with Gasteiger partial charge in [0.1, 0.15) is 12.4 Å². The molecule has 0 aromatic heterocycles. The van der Waals surface area contributed by atoms with Gasteiger partial charge < -0.3 is 23.8 Å². The number of amides is 1. The van der Waals surface area contributed by atoms with Gasteiger partial charge in [-0.1, -0.05) is 28.7 Å². The Morgan fingerprint density at radius 1 is 1.39 bits per heavy atom. The van der Waals surface area contributed by atoms with Crippen LogP contribution in [0, 0.1) is 5.92 Å². The van der Waals surface area contributed by atoms with E-state index in [9.17, 15) is 4.79 Å². The summed E-state index contributed by atoms with van der Waals surface area (Å²) in [6.45, 7) is 8.15. The van der Waals surface area contributed by atoms with Crippen molar-refractivity contribution in [3.63, 3.8) is 0 Å². The minimum atomic E-state index is -0.494. The summed E-state index contributed by atoms with van der Waals surface area (Å²) in [7, 11) is 1.59. The highest BCUT2D eigenvalue weighted by atomic mass is 127. The molecule has 134 valence electrons.